The van der Waals surface area contributed by atoms with Gasteiger partial charge >= 0.3 is 11.9 Å². The van der Waals surface area contributed by atoms with Gasteiger partial charge in [-0.25, -0.2) is 14.8 Å². The van der Waals surface area contributed by atoms with Gasteiger partial charge < -0.3 is 15.5 Å². The number of anilines is 1. The van der Waals surface area contributed by atoms with E-state index < -0.39 is 11.9 Å². The Morgan fingerprint density at radius 2 is 2.00 bits per heavy atom. The van der Waals surface area contributed by atoms with Gasteiger partial charge in [-0.2, -0.15) is 0 Å². The second-order valence-corrected chi connectivity index (χ2v) is 3.83. The Morgan fingerprint density at radius 3 is 2.68 bits per heavy atom. The minimum atomic E-state index is -1.03. The highest BCUT2D eigenvalue weighted by molar-refractivity contribution is 5.96. The van der Waals surface area contributed by atoms with E-state index >= 15 is 0 Å². The molecule has 7 heteroatoms. The number of fused-ring (bicyclic) bond motifs is 1. The lowest BCUT2D eigenvalue weighted by atomic mass is 10.1. The summed E-state index contributed by atoms with van der Waals surface area (Å²) in [5.41, 5.74) is 0.635. The second-order valence-electron chi connectivity index (χ2n) is 3.83. The number of hydrogen-bond acceptors (Lipinski definition) is 5. The van der Waals surface area contributed by atoms with Crippen LogP contribution < -0.4 is 5.32 Å². The fraction of sp³-hybridized carbons (Fsp3) is 0.167. The third kappa shape index (κ3) is 2.95. The molecule has 7 nitrogen and oxygen atoms in total. The Kier molecular flexibility index (Phi) is 3.56. The molecule has 0 unspecified atom stereocenters. The van der Waals surface area contributed by atoms with Crippen molar-refractivity contribution in [2.75, 3.05) is 11.9 Å². The van der Waals surface area contributed by atoms with E-state index in [0.29, 0.717) is 16.7 Å². The van der Waals surface area contributed by atoms with Crippen LogP contribution in [0.5, 0.6) is 0 Å². The predicted molar refractivity (Wildman–Crippen MR) is 67.2 cm³/mol. The number of aromatic carboxylic acids is 1. The molecule has 0 aliphatic carbocycles. The summed E-state index contributed by atoms with van der Waals surface area (Å²) in [7, 11) is 0. The van der Waals surface area contributed by atoms with Gasteiger partial charge in [-0.05, 0) is 18.2 Å². The average molecular weight is 261 g/mol. The molecule has 0 bridgehead atoms. The normalized spacial score (nSPS) is 10.3. The Labute approximate surface area is 107 Å². The van der Waals surface area contributed by atoms with Crippen LogP contribution in [-0.2, 0) is 4.79 Å². The fourth-order valence-corrected chi connectivity index (χ4v) is 1.62. The standard InChI is InChI=1S/C12H11N3O4/c16-10(17)3-4-13-11-8-2-1-7(12(18)19)5-9(8)14-6-15-11/h1-2,5-6H,3-4H2,(H,16,17)(H,18,19)(H,13,14,15). The van der Waals surface area contributed by atoms with Crippen LogP contribution in [0.4, 0.5) is 5.82 Å². The summed E-state index contributed by atoms with van der Waals surface area (Å²) in [5, 5.41) is 21.0. The van der Waals surface area contributed by atoms with E-state index in [0.717, 1.165) is 0 Å². The van der Waals surface area contributed by atoms with Crippen LogP contribution in [0, 0.1) is 0 Å². The molecule has 0 saturated heterocycles. The first-order chi connectivity index (χ1) is 9.08. The van der Waals surface area contributed by atoms with Crippen molar-refractivity contribution in [3.05, 3.63) is 30.1 Å². The maximum Gasteiger partial charge on any atom is 0.335 e. The summed E-state index contributed by atoms with van der Waals surface area (Å²) in [6.07, 6.45) is 1.27. The van der Waals surface area contributed by atoms with E-state index in [1.165, 1.54) is 18.5 Å². The number of benzene rings is 1. The minimum Gasteiger partial charge on any atom is -0.481 e. The molecule has 1 aromatic carbocycles. The van der Waals surface area contributed by atoms with Crippen LogP contribution in [0.2, 0.25) is 0 Å². The first-order valence-corrected chi connectivity index (χ1v) is 5.51. The number of nitrogens with one attached hydrogen (secondary N) is 1. The number of rotatable bonds is 5. The Morgan fingerprint density at radius 1 is 1.21 bits per heavy atom. The van der Waals surface area contributed by atoms with Gasteiger partial charge in [0.15, 0.2) is 0 Å². The molecule has 0 saturated carbocycles. The summed E-state index contributed by atoms with van der Waals surface area (Å²) < 4.78 is 0. The van der Waals surface area contributed by atoms with Gasteiger partial charge in [0, 0.05) is 11.9 Å². The fourth-order valence-electron chi connectivity index (χ4n) is 1.62. The maximum atomic E-state index is 10.9. The molecule has 3 N–H and O–H groups in total. The highest BCUT2D eigenvalue weighted by Crippen LogP contribution is 2.20. The molecule has 0 fully saturated rings. The van der Waals surface area contributed by atoms with Gasteiger partial charge in [0.25, 0.3) is 0 Å². The topological polar surface area (TPSA) is 112 Å². The number of nitrogens with zero attached hydrogens (tertiary/aromatic N) is 2. The summed E-state index contributed by atoms with van der Waals surface area (Å²) in [5.74, 6) is -1.44. The van der Waals surface area contributed by atoms with Crippen molar-refractivity contribution < 1.29 is 19.8 Å². The van der Waals surface area contributed by atoms with E-state index in [2.05, 4.69) is 15.3 Å². The van der Waals surface area contributed by atoms with Crippen molar-refractivity contribution in [3.63, 3.8) is 0 Å². The first kappa shape index (κ1) is 12.7. The minimum absolute atomic E-state index is 0.0291. The molecular weight excluding hydrogens is 250 g/mol. The van der Waals surface area contributed by atoms with Crippen molar-refractivity contribution in [1.82, 2.24) is 9.97 Å². The Bertz CT molecular complexity index is 642. The lowest BCUT2D eigenvalue weighted by Crippen LogP contribution is -2.09. The molecule has 0 aliphatic heterocycles. The zero-order valence-electron chi connectivity index (χ0n) is 9.83. The van der Waals surface area contributed by atoms with Crippen LogP contribution in [0.3, 0.4) is 0 Å². The molecule has 0 radical (unpaired) electrons. The highest BCUT2D eigenvalue weighted by Gasteiger charge is 2.08. The number of hydrogen-bond donors (Lipinski definition) is 3. The maximum absolute atomic E-state index is 10.9. The zero-order valence-corrected chi connectivity index (χ0v) is 9.83. The van der Waals surface area contributed by atoms with Crippen molar-refractivity contribution in [3.8, 4) is 0 Å². The van der Waals surface area contributed by atoms with Crippen molar-refractivity contribution in [1.29, 1.82) is 0 Å². The van der Waals surface area contributed by atoms with Gasteiger partial charge in [0.2, 0.25) is 0 Å². The quantitative estimate of drug-likeness (QED) is 0.741. The number of aliphatic carboxylic acids is 1. The van der Waals surface area contributed by atoms with E-state index in [-0.39, 0.29) is 18.5 Å². The number of carboxylic acid groups (broad SMARTS) is 2. The smallest absolute Gasteiger partial charge is 0.335 e. The van der Waals surface area contributed by atoms with E-state index in [4.69, 9.17) is 10.2 Å². The lowest BCUT2D eigenvalue weighted by Gasteiger charge is -2.07. The predicted octanol–water partition coefficient (Wildman–Crippen LogP) is 1.21. The lowest BCUT2D eigenvalue weighted by molar-refractivity contribution is -0.136. The molecule has 19 heavy (non-hydrogen) atoms. The summed E-state index contributed by atoms with van der Waals surface area (Å²) in [6.45, 7) is 0.238. The second kappa shape index (κ2) is 5.30. The van der Waals surface area contributed by atoms with Gasteiger partial charge in [-0.3, -0.25) is 4.79 Å². The number of carbonyl (C=O) groups is 2. The molecule has 0 spiro atoms. The van der Waals surface area contributed by atoms with Crippen LogP contribution in [-0.4, -0.2) is 38.7 Å². The van der Waals surface area contributed by atoms with Gasteiger partial charge in [0.05, 0.1) is 17.5 Å². The molecule has 2 rings (SSSR count). The molecule has 1 aromatic heterocycles. The first-order valence-electron chi connectivity index (χ1n) is 5.51. The Hall–Kier alpha value is -2.70. The molecular formula is C12H11N3O4. The van der Waals surface area contributed by atoms with Gasteiger partial charge in [-0.1, -0.05) is 0 Å². The van der Waals surface area contributed by atoms with Gasteiger partial charge in [0.1, 0.15) is 12.1 Å². The largest absolute Gasteiger partial charge is 0.481 e. The molecule has 2 aromatic rings. The Balaban J connectivity index is 2.30. The van der Waals surface area contributed by atoms with Crippen LogP contribution in [0.1, 0.15) is 16.8 Å². The highest BCUT2D eigenvalue weighted by atomic mass is 16.4. The van der Waals surface area contributed by atoms with Crippen LogP contribution >= 0.6 is 0 Å². The summed E-state index contributed by atoms with van der Waals surface area (Å²) >= 11 is 0. The molecule has 0 atom stereocenters. The van der Waals surface area contributed by atoms with Gasteiger partial charge in [-0.15, -0.1) is 0 Å². The van der Waals surface area contributed by atoms with Crippen LogP contribution in [0.15, 0.2) is 24.5 Å². The van der Waals surface area contributed by atoms with E-state index in [1.807, 2.05) is 0 Å². The SMILES string of the molecule is O=C(O)CCNc1ncnc2cc(C(=O)O)ccc12. The number of carboxylic acids is 2. The zero-order chi connectivity index (χ0) is 13.8. The summed E-state index contributed by atoms with van der Waals surface area (Å²) in [6, 6.07) is 4.50. The third-order valence-electron chi connectivity index (χ3n) is 2.51. The number of aromatic nitrogens is 2. The molecule has 98 valence electrons. The summed E-state index contributed by atoms with van der Waals surface area (Å²) in [4.78, 5) is 29.3. The van der Waals surface area contributed by atoms with Crippen molar-refractivity contribution in [2.45, 2.75) is 6.42 Å². The average Bonchev–Trinajstić information content (AvgIpc) is 2.37. The molecule has 1 heterocycles. The monoisotopic (exact) mass is 261 g/mol. The molecule has 0 aliphatic rings. The van der Waals surface area contributed by atoms with E-state index in [9.17, 15) is 9.59 Å². The molecule has 0 amide bonds. The van der Waals surface area contributed by atoms with Crippen molar-refractivity contribution >= 4 is 28.7 Å². The van der Waals surface area contributed by atoms with Crippen molar-refractivity contribution in [2.24, 2.45) is 0 Å². The van der Waals surface area contributed by atoms with E-state index in [1.54, 1.807) is 6.07 Å². The third-order valence-corrected chi connectivity index (χ3v) is 2.51. The van der Waals surface area contributed by atoms with Crippen LogP contribution in [0.25, 0.3) is 10.9 Å².